The maximum Gasteiger partial charge on any atom is 0.138 e. The number of nitrogens with one attached hydrogen (secondary N) is 1. The van der Waals surface area contributed by atoms with Gasteiger partial charge < -0.3 is 10.1 Å². The molecule has 0 aliphatic rings. The number of hydrogen-bond acceptors (Lipinski definition) is 3. The number of aromatic nitrogens is 1. The smallest absolute Gasteiger partial charge is 0.138 e. The number of pyridine rings is 1. The molecule has 0 aliphatic heterocycles. The highest BCUT2D eigenvalue weighted by Gasteiger charge is 2.05. The molecule has 3 nitrogen and oxygen atoms in total. The molecule has 4 heteroatoms. The Morgan fingerprint density at radius 3 is 2.75 bits per heavy atom. The van der Waals surface area contributed by atoms with Crippen LogP contribution < -0.4 is 10.1 Å². The molecule has 1 N–H and O–H groups in total. The lowest BCUT2D eigenvalue weighted by atomic mass is 10.1. The van der Waals surface area contributed by atoms with Gasteiger partial charge in [-0.15, -0.1) is 0 Å². The largest absolute Gasteiger partial charge is 0.492 e. The van der Waals surface area contributed by atoms with E-state index in [0.29, 0.717) is 6.61 Å². The summed E-state index contributed by atoms with van der Waals surface area (Å²) in [6.45, 7) is 3.54. The van der Waals surface area contributed by atoms with Crippen LogP contribution in [-0.4, -0.2) is 18.6 Å². The second-order valence-corrected chi connectivity index (χ2v) is 5.00. The quantitative estimate of drug-likeness (QED) is 0.876. The van der Waals surface area contributed by atoms with Crippen LogP contribution in [0.3, 0.4) is 0 Å². The minimum absolute atomic E-state index is 0.701. The maximum atomic E-state index is 6.29. The van der Waals surface area contributed by atoms with Gasteiger partial charge in [-0.25, -0.2) is 0 Å². The first-order valence-corrected chi connectivity index (χ1v) is 7.13. The molecule has 0 saturated carbocycles. The summed E-state index contributed by atoms with van der Waals surface area (Å²) in [5.41, 5.74) is 3.14. The summed E-state index contributed by atoms with van der Waals surface area (Å²) in [6.07, 6.45) is 4.53. The average Bonchev–Trinajstić information content (AvgIpc) is 2.48. The van der Waals surface area contributed by atoms with E-state index in [-0.39, 0.29) is 0 Å². The monoisotopic (exact) mass is 290 g/mol. The van der Waals surface area contributed by atoms with Crippen molar-refractivity contribution in [3.05, 3.63) is 47.2 Å². The Kier molecular flexibility index (Phi) is 5.39. The SMILES string of the molecule is CCCOc1cncc(-c2ccc(CNC)c(Cl)c2)c1. The Labute approximate surface area is 124 Å². The van der Waals surface area contributed by atoms with Gasteiger partial charge in [-0.1, -0.05) is 30.7 Å². The van der Waals surface area contributed by atoms with Gasteiger partial charge in [-0.05, 0) is 36.7 Å². The Balaban J connectivity index is 2.24. The summed E-state index contributed by atoms with van der Waals surface area (Å²) < 4.78 is 5.60. The molecule has 1 aromatic carbocycles. The molecule has 1 heterocycles. The average molecular weight is 291 g/mol. The minimum Gasteiger partial charge on any atom is -0.492 e. The summed E-state index contributed by atoms with van der Waals surface area (Å²) in [4.78, 5) is 4.22. The van der Waals surface area contributed by atoms with Crippen LogP contribution in [0.5, 0.6) is 5.75 Å². The summed E-state index contributed by atoms with van der Waals surface area (Å²) >= 11 is 6.29. The lowest BCUT2D eigenvalue weighted by Crippen LogP contribution is -2.05. The molecule has 0 radical (unpaired) electrons. The van der Waals surface area contributed by atoms with Crippen molar-refractivity contribution in [2.75, 3.05) is 13.7 Å². The van der Waals surface area contributed by atoms with Gasteiger partial charge in [-0.2, -0.15) is 0 Å². The van der Waals surface area contributed by atoms with Crippen molar-refractivity contribution in [3.63, 3.8) is 0 Å². The van der Waals surface area contributed by atoms with Crippen molar-refractivity contribution in [1.82, 2.24) is 10.3 Å². The molecule has 0 spiro atoms. The zero-order valence-electron chi connectivity index (χ0n) is 11.8. The topological polar surface area (TPSA) is 34.1 Å². The fraction of sp³-hybridized carbons (Fsp3) is 0.312. The second kappa shape index (κ2) is 7.27. The standard InChI is InChI=1S/C16H19ClN2O/c1-3-6-20-15-7-14(10-19-11-15)12-4-5-13(9-18-2)16(17)8-12/h4-5,7-8,10-11,18H,3,6,9H2,1-2H3. The van der Waals surface area contributed by atoms with Crippen molar-refractivity contribution in [2.45, 2.75) is 19.9 Å². The van der Waals surface area contributed by atoms with Gasteiger partial charge in [0.15, 0.2) is 0 Å². The molecule has 0 amide bonds. The first-order valence-electron chi connectivity index (χ1n) is 6.76. The van der Waals surface area contributed by atoms with Crippen LogP contribution in [0.2, 0.25) is 5.02 Å². The van der Waals surface area contributed by atoms with Gasteiger partial charge in [0, 0.05) is 23.3 Å². The van der Waals surface area contributed by atoms with Gasteiger partial charge in [0.05, 0.1) is 12.8 Å². The molecule has 20 heavy (non-hydrogen) atoms. The predicted octanol–water partition coefficient (Wildman–Crippen LogP) is 3.91. The molecule has 106 valence electrons. The second-order valence-electron chi connectivity index (χ2n) is 4.59. The van der Waals surface area contributed by atoms with Crippen molar-refractivity contribution < 1.29 is 4.74 Å². The molecule has 0 saturated heterocycles. The summed E-state index contributed by atoms with van der Waals surface area (Å²) in [6, 6.07) is 8.05. The molecular formula is C16H19ClN2O. The van der Waals surface area contributed by atoms with Crippen LogP contribution >= 0.6 is 11.6 Å². The molecular weight excluding hydrogens is 272 g/mol. The highest BCUT2D eigenvalue weighted by molar-refractivity contribution is 6.31. The van der Waals surface area contributed by atoms with Crippen molar-refractivity contribution >= 4 is 11.6 Å². The van der Waals surface area contributed by atoms with E-state index < -0.39 is 0 Å². The summed E-state index contributed by atoms with van der Waals surface area (Å²) in [5, 5.41) is 3.86. The Bertz CT molecular complexity index is 572. The van der Waals surface area contributed by atoms with Crippen LogP contribution in [0.15, 0.2) is 36.7 Å². The Morgan fingerprint density at radius 1 is 1.20 bits per heavy atom. The summed E-state index contributed by atoms with van der Waals surface area (Å²) in [7, 11) is 1.91. The van der Waals surface area contributed by atoms with Gasteiger partial charge in [0.2, 0.25) is 0 Å². The van der Waals surface area contributed by atoms with Crippen LogP contribution in [0.25, 0.3) is 11.1 Å². The van der Waals surface area contributed by atoms with Crippen LogP contribution in [-0.2, 0) is 6.54 Å². The van der Waals surface area contributed by atoms with Crippen molar-refractivity contribution in [1.29, 1.82) is 0 Å². The third kappa shape index (κ3) is 3.71. The zero-order chi connectivity index (χ0) is 14.4. The molecule has 2 aromatic rings. The van der Waals surface area contributed by atoms with E-state index in [2.05, 4.69) is 23.3 Å². The first kappa shape index (κ1) is 14.8. The number of halogens is 1. The van der Waals surface area contributed by atoms with E-state index in [1.165, 1.54) is 0 Å². The number of benzene rings is 1. The molecule has 0 bridgehead atoms. The van der Waals surface area contributed by atoms with Gasteiger partial charge in [0.1, 0.15) is 5.75 Å². The fourth-order valence-electron chi connectivity index (χ4n) is 1.94. The van der Waals surface area contributed by atoms with E-state index in [1.807, 2.05) is 31.4 Å². The van der Waals surface area contributed by atoms with E-state index in [1.54, 1.807) is 6.20 Å². The normalized spacial score (nSPS) is 10.6. The summed E-state index contributed by atoms with van der Waals surface area (Å²) in [5.74, 6) is 0.791. The molecule has 0 unspecified atom stereocenters. The maximum absolute atomic E-state index is 6.29. The molecule has 1 aromatic heterocycles. The number of rotatable bonds is 6. The van der Waals surface area contributed by atoms with Crippen molar-refractivity contribution in [3.8, 4) is 16.9 Å². The third-order valence-corrected chi connectivity index (χ3v) is 3.29. The fourth-order valence-corrected chi connectivity index (χ4v) is 2.18. The van der Waals surface area contributed by atoms with Crippen LogP contribution in [0.4, 0.5) is 0 Å². The van der Waals surface area contributed by atoms with Crippen LogP contribution in [0.1, 0.15) is 18.9 Å². The lowest BCUT2D eigenvalue weighted by molar-refractivity contribution is 0.316. The van der Waals surface area contributed by atoms with Gasteiger partial charge >= 0.3 is 0 Å². The molecule has 2 rings (SSSR count). The van der Waals surface area contributed by atoms with Gasteiger partial charge in [0.25, 0.3) is 0 Å². The van der Waals surface area contributed by atoms with Gasteiger partial charge in [-0.3, -0.25) is 4.98 Å². The number of hydrogen-bond donors (Lipinski definition) is 1. The molecule has 0 aliphatic carbocycles. The number of ether oxygens (including phenoxy) is 1. The van der Waals surface area contributed by atoms with E-state index in [9.17, 15) is 0 Å². The first-order chi connectivity index (χ1) is 9.74. The highest BCUT2D eigenvalue weighted by Crippen LogP contribution is 2.27. The molecule has 0 fully saturated rings. The van der Waals surface area contributed by atoms with Crippen LogP contribution in [0, 0.1) is 0 Å². The van der Waals surface area contributed by atoms with E-state index in [0.717, 1.165) is 40.4 Å². The Morgan fingerprint density at radius 2 is 2.05 bits per heavy atom. The molecule has 0 atom stereocenters. The minimum atomic E-state index is 0.701. The highest BCUT2D eigenvalue weighted by atomic mass is 35.5. The zero-order valence-corrected chi connectivity index (χ0v) is 12.6. The predicted molar refractivity (Wildman–Crippen MR) is 83.2 cm³/mol. The van der Waals surface area contributed by atoms with Crippen molar-refractivity contribution in [2.24, 2.45) is 0 Å². The number of nitrogens with zero attached hydrogens (tertiary/aromatic N) is 1. The lowest BCUT2D eigenvalue weighted by Gasteiger charge is -2.09. The Hall–Kier alpha value is -1.58. The van der Waals surface area contributed by atoms with E-state index >= 15 is 0 Å². The van der Waals surface area contributed by atoms with E-state index in [4.69, 9.17) is 16.3 Å². The third-order valence-electron chi connectivity index (χ3n) is 2.94.